The van der Waals surface area contributed by atoms with E-state index < -0.39 is 10.0 Å². The molecule has 3 N–H and O–H groups in total. The molecule has 2 heterocycles. The number of carbonyl (C=O) groups excluding carboxylic acids is 1. The smallest absolute Gasteiger partial charge is 0.279 e. The van der Waals surface area contributed by atoms with Crippen LogP contribution in [0.1, 0.15) is 37.9 Å². The summed E-state index contributed by atoms with van der Waals surface area (Å²) in [7, 11) is -3.70. The first-order valence-corrected chi connectivity index (χ1v) is 11.3. The second kappa shape index (κ2) is 9.86. The van der Waals surface area contributed by atoms with Crippen LogP contribution in [-0.2, 0) is 21.4 Å². The summed E-state index contributed by atoms with van der Waals surface area (Å²) < 4.78 is 32.6. The van der Waals surface area contributed by atoms with Gasteiger partial charge < -0.3 is 14.6 Å². The van der Waals surface area contributed by atoms with E-state index in [1.54, 1.807) is 24.3 Å². The molecule has 0 atom stereocenters. The van der Waals surface area contributed by atoms with Crippen molar-refractivity contribution in [3.8, 4) is 0 Å². The Labute approximate surface area is 166 Å². The largest absolute Gasteiger partial charge is 0.468 e. The predicted molar refractivity (Wildman–Crippen MR) is 106 cm³/mol. The van der Waals surface area contributed by atoms with Crippen LogP contribution >= 0.6 is 0 Å². The molecular formula is C20H28N3O4S+. The molecule has 1 aliphatic heterocycles. The standard InChI is InChI=1S/C20H27N3O4S/c24-20(16-23-11-4-2-1-3-5-12-23)22-17-8-6-10-19(14-17)28(25,26)21-15-18-9-7-13-27-18/h6-10,13-14,21H,1-5,11-12,15-16H2,(H,22,24)/p+1. The number of hydrogen-bond acceptors (Lipinski definition) is 4. The number of sulfonamides is 1. The van der Waals surface area contributed by atoms with Crippen molar-refractivity contribution in [2.75, 3.05) is 25.0 Å². The molecule has 0 unspecified atom stereocenters. The average molecular weight is 407 g/mol. The number of furan rings is 1. The van der Waals surface area contributed by atoms with Crippen LogP contribution in [0.3, 0.4) is 0 Å². The maximum Gasteiger partial charge on any atom is 0.279 e. The molecule has 1 aliphatic rings. The first-order valence-electron chi connectivity index (χ1n) is 9.78. The van der Waals surface area contributed by atoms with E-state index in [2.05, 4.69) is 10.0 Å². The molecule has 0 radical (unpaired) electrons. The van der Waals surface area contributed by atoms with Gasteiger partial charge in [-0.15, -0.1) is 0 Å². The molecule has 1 fully saturated rings. The molecule has 0 spiro atoms. The number of carbonyl (C=O) groups is 1. The van der Waals surface area contributed by atoms with Crippen molar-refractivity contribution in [3.63, 3.8) is 0 Å². The van der Waals surface area contributed by atoms with Gasteiger partial charge in [0, 0.05) is 5.69 Å². The third-order valence-electron chi connectivity index (χ3n) is 4.92. The minimum Gasteiger partial charge on any atom is -0.468 e. The molecule has 3 rings (SSSR count). The van der Waals surface area contributed by atoms with E-state index in [1.165, 1.54) is 42.6 Å². The molecule has 1 aromatic carbocycles. The van der Waals surface area contributed by atoms with Gasteiger partial charge >= 0.3 is 0 Å². The maximum absolute atomic E-state index is 12.5. The second-order valence-electron chi connectivity index (χ2n) is 7.17. The number of quaternary nitrogens is 1. The minimum atomic E-state index is -3.70. The SMILES string of the molecule is O=C(C[NH+]1CCCCCCC1)Nc1cccc(S(=O)(=O)NCc2ccco2)c1. The zero-order valence-electron chi connectivity index (χ0n) is 15.9. The fraction of sp³-hybridized carbons (Fsp3) is 0.450. The summed E-state index contributed by atoms with van der Waals surface area (Å²) >= 11 is 0. The zero-order valence-corrected chi connectivity index (χ0v) is 16.8. The summed E-state index contributed by atoms with van der Waals surface area (Å²) in [6.07, 6.45) is 7.55. The summed E-state index contributed by atoms with van der Waals surface area (Å²) in [5.41, 5.74) is 0.484. The van der Waals surface area contributed by atoms with Gasteiger partial charge in [-0.3, -0.25) is 4.79 Å². The lowest BCUT2D eigenvalue weighted by molar-refractivity contribution is -0.892. The fourth-order valence-corrected chi connectivity index (χ4v) is 4.46. The van der Waals surface area contributed by atoms with Crippen molar-refractivity contribution in [2.24, 2.45) is 0 Å². The number of likely N-dealkylation sites (tertiary alicyclic amines) is 1. The molecule has 8 heteroatoms. The van der Waals surface area contributed by atoms with E-state index >= 15 is 0 Å². The minimum absolute atomic E-state index is 0.0737. The lowest BCUT2D eigenvalue weighted by Gasteiger charge is -2.21. The number of rotatable bonds is 7. The topological polar surface area (TPSA) is 92.9 Å². The number of amides is 1. The number of anilines is 1. The molecule has 7 nitrogen and oxygen atoms in total. The molecule has 152 valence electrons. The van der Waals surface area contributed by atoms with Crippen LogP contribution in [0.25, 0.3) is 0 Å². The average Bonchev–Trinajstić information content (AvgIpc) is 3.16. The summed E-state index contributed by atoms with van der Waals surface area (Å²) in [6, 6.07) is 9.71. The molecule has 0 aliphatic carbocycles. The van der Waals surface area contributed by atoms with Crippen molar-refractivity contribution >= 4 is 21.6 Å². The molecule has 28 heavy (non-hydrogen) atoms. The quantitative estimate of drug-likeness (QED) is 0.650. The number of benzene rings is 1. The third kappa shape index (κ3) is 6.19. The van der Waals surface area contributed by atoms with Crippen molar-refractivity contribution in [2.45, 2.75) is 43.5 Å². The summed E-state index contributed by atoms with van der Waals surface area (Å²) in [4.78, 5) is 13.8. The normalized spacial score (nSPS) is 16.3. The molecule has 2 aromatic rings. The lowest BCUT2D eigenvalue weighted by atomic mass is 10.1. The van der Waals surface area contributed by atoms with Crippen LogP contribution < -0.4 is 14.9 Å². The molecule has 1 aromatic heterocycles. The second-order valence-corrected chi connectivity index (χ2v) is 8.94. The first kappa shape index (κ1) is 20.6. The van der Waals surface area contributed by atoms with E-state index in [0.717, 1.165) is 25.9 Å². The van der Waals surface area contributed by atoms with E-state index in [4.69, 9.17) is 4.42 Å². The Morgan fingerprint density at radius 1 is 1.04 bits per heavy atom. The summed E-state index contributed by atoms with van der Waals surface area (Å²) in [5.74, 6) is 0.443. The van der Waals surface area contributed by atoms with Crippen LogP contribution in [-0.4, -0.2) is 34.0 Å². The van der Waals surface area contributed by atoms with Gasteiger partial charge in [-0.25, -0.2) is 13.1 Å². The molecule has 0 saturated carbocycles. The molecule has 0 bridgehead atoms. The Hall–Kier alpha value is -2.16. The Morgan fingerprint density at radius 2 is 1.79 bits per heavy atom. The predicted octanol–water partition coefficient (Wildman–Crippen LogP) is 1.55. The Morgan fingerprint density at radius 3 is 2.50 bits per heavy atom. The van der Waals surface area contributed by atoms with Crippen molar-refractivity contribution in [1.82, 2.24) is 4.72 Å². The maximum atomic E-state index is 12.5. The molecule has 1 amide bonds. The highest BCUT2D eigenvalue weighted by Crippen LogP contribution is 2.16. The van der Waals surface area contributed by atoms with Crippen LogP contribution in [0.15, 0.2) is 52.0 Å². The Balaban J connectivity index is 1.58. The van der Waals surface area contributed by atoms with Gasteiger partial charge in [0.25, 0.3) is 5.91 Å². The fourth-order valence-electron chi connectivity index (χ4n) is 3.42. The van der Waals surface area contributed by atoms with Gasteiger partial charge in [0.1, 0.15) is 5.76 Å². The molecule has 1 saturated heterocycles. The summed E-state index contributed by atoms with van der Waals surface area (Å²) in [5, 5.41) is 2.84. The Bertz CT molecular complexity index is 857. The monoisotopic (exact) mass is 406 g/mol. The number of nitrogens with one attached hydrogen (secondary N) is 3. The van der Waals surface area contributed by atoms with Crippen molar-refractivity contribution < 1.29 is 22.5 Å². The third-order valence-corrected chi connectivity index (χ3v) is 6.31. The van der Waals surface area contributed by atoms with Crippen LogP contribution in [0.5, 0.6) is 0 Å². The van der Waals surface area contributed by atoms with Gasteiger partial charge in [0.05, 0.1) is 30.8 Å². The van der Waals surface area contributed by atoms with Gasteiger partial charge in [-0.2, -0.15) is 0 Å². The van der Waals surface area contributed by atoms with Crippen LogP contribution in [0.2, 0.25) is 0 Å². The highest BCUT2D eigenvalue weighted by atomic mass is 32.2. The lowest BCUT2D eigenvalue weighted by Crippen LogP contribution is -3.13. The van der Waals surface area contributed by atoms with E-state index in [9.17, 15) is 13.2 Å². The van der Waals surface area contributed by atoms with Gasteiger partial charge in [0.2, 0.25) is 10.0 Å². The highest BCUT2D eigenvalue weighted by Gasteiger charge is 2.18. The van der Waals surface area contributed by atoms with Gasteiger partial charge in [-0.05, 0) is 56.0 Å². The van der Waals surface area contributed by atoms with E-state index in [-0.39, 0.29) is 17.3 Å². The van der Waals surface area contributed by atoms with E-state index in [0.29, 0.717) is 18.0 Å². The van der Waals surface area contributed by atoms with E-state index in [1.807, 2.05) is 0 Å². The number of hydrogen-bond donors (Lipinski definition) is 3. The van der Waals surface area contributed by atoms with Gasteiger partial charge in [-0.1, -0.05) is 12.5 Å². The van der Waals surface area contributed by atoms with Crippen LogP contribution in [0, 0.1) is 0 Å². The Kier molecular flexibility index (Phi) is 7.24. The first-order chi connectivity index (χ1) is 13.5. The van der Waals surface area contributed by atoms with Gasteiger partial charge in [0.15, 0.2) is 6.54 Å². The van der Waals surface area contributed by atoms with Crippen molar-refractivity contribution in [3.05, 3.63) is 48.4 Å². The summed E-state index contributed by atoms with van der Waals surface area (Å²) in [6.45, 7) is 2.51. The zero-order chi connectivity index (χ0) is 19.8. The van der Waals surface area contributed by atoms with Crippen molar-refractivity contribution in [1.29, 1.82) is 0 Å². The highest BCUT2D eigenvalue weighted by molar-refractivity contribution is 7.89. The van der Waals surface area contributed by atoms with Crippen LogP contribution in [0.4, 0.5) is 5.69 Å². The molecular weight excluding hydrogens is 378 g/mol.